The molecule has 0 saturated heterocycles. The quantitative estimate of drug-likeness (QED) is 0.898. The van der Waals surface area contributed by atoms with Crippen molar-refractivity contribution in [2.45, 2.75) is 25.1 Å². The smallest absolute Gasteiger partial charge is 0.235 e. The van der Waals surface area contributed by atoms with Crippen LogP contribution >= 0.6 is 23.4 Å². The van der Waals surface area contributed by atoms with Crippen molar-refractivity contribution in [2.75, 3.05) is 11.1 Å². The van der Waals surface area contributed by atoms with E-state index in [1.807, 2.05) is 13.8 Å². The van der Waals surface area contributed by atoms with E-state index in [0.717, 1.165) is 5.56 Å². The number of benzene rings is 1. The Labute approximate surface area is 137 Å². The molecule has 1 amide bonds. The molecule has 0 radical (unpaired) electrons. The van der Waals surface area contributed by atoms with Crippen molar-refractivity contribution in [2.24, 2.45) is 0 Å². The van der Waals surface area contributed by atoms with E-state index in [2.05, 4.69) is 10.4 Å². The van der Waals surface area contributed by atoms with Gasteiger partial charge in [0.1, 0.15) is 11.6 Å². The molecule has 0 aliphatic carbocycles. The molecule has 2 heterocycles. The first-order valence-corrected chi connectivity index (χ1v) is 8.34. The maximum Gasteiger partial charge on any atom is 0.235 e. The number of amides is 1. The van der Waals surface area contributed by atoms with Gasteiger partial charge in [0.15, 0.2) is 0 Å². The molecule has 1 aliphatic rings. The van der Waals surface area contributed by atoms with Gasteiger partial charge in [-0.25, -0.2) is 9.07 Å². The zero-order valence-electron chi connectivity index (χ0n) is 12.1. The Morgan fingerprint density at radius 3 is 2.95 bits per heavy atom. The lowest BCUT2D eigenvalue weighted by Gasteiger charge is -2.17. The van der Waals surface area contributed by atoms with Crippen LogP contribution in [0.25, 0.3) is 0 Å². The van der Waals surface area contributed by atoms with Crippen LogP contribution in [0.15, 0.2) is 24.4 Å². The highest BCUT2D eigenvalue weighted by Crippen LogP contribution is 2.45. The van der Waals surface area contributed by atoms with E-state index in [4.69, 9.17) is 11.6 Å². The normalized spacial score (nSPS) is 18.0. The van der Waals surface area contributed by atoms with Gasteiger partial charge in [-0.3, -0.25) is 4.79 Å². The standard InChI is InChI=1S/C15H15ClFN3OS/c1-8(2)20-15-9(6-18-20)14(22-7-12(21)19-15)13-10(16)4-3-5-11(13)17/h3-6,8,14H,7H2,1-2H3,(H,19,21)/t14-/m0/s1. The van der Waals surface area contributed by atoms with Crippen LogP contribution < -0.4 is 5.32 Å². The minimum absolute atomic E-state index is 0.0869. The van der Waals surface area contributed by atoms with Crippen molar-refractivity contribution < 1.29 is 9.18 Å². The largest absolute Gasteiger partial charge is 0.310 e. The van der Waals surface area contributed by atoms with Crippen molar-refractivity contribution in [3.63, 3.8) is 0 Å². The van der Waals surface area contributed by atoms with Gasteiger partial charge in [0.2, 0.25) is 5.91 Å². The summed E-state index contributed by atoms with van der Waals surface area (Å²) in [6, 6.07) is 4.70. The van der Waals surface area contributed by atoms with E-state index >= 15 is 0 Å². The monoisotopic (exact) mass is 339 g/mol. The topological polar surface area (TPSA) is 46.9 Å². The molecule has 22 heavy (non-hydrogen) atoms. The molecular formula is C15H15ClFN3OS. The van der Waals surface area contributed by atoms with Crippen LogP contribution in [-0.2, 0) is 4.79 Å². The van der Waals surface area contributed by atoms with E-state index in [-0.39, 0.29) is 28.8 Å². The van der Waals surface area contributed by atoms with Crippen LogP contribution in [0.4, 0.5) is 10.2 Å². The Bertz CT molecular complexity index is 711. The van der Waals surface area contributed by atoms with Gasteiger partial charge in [-0.15, -0.1) is 11.8 Å². The number of carbonyl (C=O) groups excluding carboxylic acids is 1. The lowest BCUT2D eigenvalue weighted by atomic mass is 10.1. The van der Waals surface area contributed by atoms with Crippen molar-refractivity contribution in [3.8, 4) is 0 Å². The van der Waals surface area contributed by atoms with Gasteiger partial charge in [-0.05, 0) is 26.0 Å². The summed E-state index contributed by atoms with van der Waals surface area (Å²) in [7, 11) is 0. The summed E-state index contributed by atoms with van der Waals surface area (Å²) in [4.78, 5) is 12.0. The summed E-state index contributed by atoms with van der Waals surface area (Å²) in [5.41, 5.74) is 1.17. The first kappa shape index (κ1) is 15.4. The average Bonchev–Trinajstić information content (AvgIpc) is 2.78. The molecule has 1 aromatic heterocycles. The second-order valence-electron chi connectivity index (χ2n) is 5.36. The summed E-state index contributed by atoms with van der Waals surface area (Å²) < 4.78 is 16.0. The van der Waals surface area contributed by atoms with Crippen LogP contribution in [0, 0.1) is 5.82 Å². The second kappa shape index (κ2) is 5.93. The van der Waals surface area contributed by atoms with Gasteiger partial charge in [-0.2, -0.15) is 5.10 Å². The first-order chi connectivity index (χ1) is 10.5. The Morgan fingerprint density at radius 1 is 1.50 bits per heavy atom. The molecule has 0 spiro atoms. The molecule has 0 bridgehead atoms. The Hall–Kier alpha value is -1.53. The Kier molecular flexibility index (Phi) is 4.14. The van der Waals surface area contributed by atoms with Gasteiger partial charge >= 0.3 is 0 Å². The highest BCUT2D eigenvalue weighted by atomic mass is 35.5. The molecule has 0 fully saturated rings. The third-order valence-corrected chi connectivity index (χ3v) is 5.08. The molecule has 116 valence electrons. The molecule has 0 unspecified atom stereocenters. The molecule has 0 saturated carbocycles. The number of nitrogens with zero attached hydrogens (tertiary/aromatic N) is 2. The fraction of sp³-hybridized carbons (Fsp3) is 0.333. The van der Waals surface area contributed by atoms with Crippen LogP contribution in [-0.4, -0.2) is 21.4 Å². The number of aromatic nitrogens is 2. The minimum Gasteiger partial charge on any atom is -0.310 e. The third-order valence-electron chi connectivity index (χ3n) is 3.50. The van der Waals surface area contributed by atoms with Gasteiger partial charge in [0.05, 0.1) is 17.2 Å². The van der Waals surface area contributed by atoms with Crippen LogP contribution in [0.1, 0.15) is 36.3 Å². The predicted octanol–water partition coefficient (Wildman–Crippen LogP) is 4.03. The van der Waals surface area contributed by atoms with Crippen molar-refractivity contribution in [1.82, 2.24) is 9.78 Å². The summed E-state index contributed by atoms with van der Waals surface area (Å²) in [6.07, 6.45) is 1.68. The fourth-order valence-corrected chi connectivity index (χ4v) is 3.99. The van der Waals surface area contributed by atoms with E-state index in [0.29, 0.717) is 16.4 Å². The molecule has 1 atom stereocenters. The van der Waals surface area contributed by atoms with E-state index < -0.39 is 0 Å². The minimum atomic E-state index is -0.373. The number of hydrogen-bond donors (Lipinski definition) is 1. The number of anilines is 1. The fourth-order valence-electron chi connectivity index (χ4n) is 2.51. The number of nitrogens with one attached hydrogen (secondary N) is 1. The molecule has 1 N–H and O–H groups in total. The second-order valence-corrected chi connectivity index (χ2v) is 6.86. The van der Waals surface area contributed by atoms with E-state index in [1.54, 1.807) is 23.0 Å². The third kappa shape index (κ3) is 2.61. The van der Waals surface area contributed by atoms with E-state index in [9.17, 15) is 9.18 Å². The van der Waals surface area contributed by atoms with Gasteiger partial charge in [0, 0.05) is 22.2 Å². The molecule has 3 rings (SSSR count). The van der Waals surface area contributed by atoms with E-state index in [1.165, 1.54) is 17.8 Å². The van der Waals surface area contributed by atoms with Gasteiger partial charge in [-0.1, -0.05) is 17.7 Å². The average molecular weight is 340 g/mol. The molecule has 7 heteroatoms. The maximum atomic E-state index is 14.3. The Balaban J connectivity index is 2.17. The highest BCUT2D eigenvalue weighted by Gasteiger charge is 2.31. The highest BCUT2D eigenvalue weighted by molar-refractivity contribution is 8.00. The zero-order chi connectivity index (χ0) is 15.9. The van der Waals surface area contributed by atoms with Crippen LogP contribution in [0.5, 0.6) is 0 Å². The number of halogens is 2. The van der Waals surface area contributed by atoms with Gasteiger partial charge < -0.3 is 5.32 Å². The number of hydrogen-bond acceptors (Lipinski definition) is 3. The first-order valence-electron chi connectivity index (χ1n) is 6.91. The summed E-state index contributed by atoms with van der Waals surface area (Å²) in [6.45, 7) is 3.95. The maximum absolute atomic E-state index is 14.3. The van der Waals surface area contributed by atoms with Crippen LogP contribution in [0.2, 0.25) is 5.02 Å². The van der Waals surface area contributed by atoms with Gasteiger partial charge in [0.25, 0.3) is 0 Å². The predicted molar refractivity (Wildman–Crippen MR) is 87.0 cm³/mol. The number of rotatable bonds is 2. The SMILES string of the molecule is CC(C)n1ncc2c1NC(=O)CS[C@@H]2c1c(F)cccc1Cl. The molecular weight excluding hydrogens is 325 g/mol. The molecule has 4 nitrogen and oxygen atoms in total. The number of thioether (sulfide) groups is 1. The number of carbonyl (C=O) groups is 1. The zero-order valence-corrected chi connectivity index (χ0v) is 13.7. The molecule has 2 aromatic rings. The van der Waals surface area contributed by atoms with Crippen LogP contribution in [0.3, 0.4) is 0 Å². The summed E-state index contributed by atoms with van der Waals surface area (Å²) in [5, 5.41) is 7.19. The Morgan fingerprint density at radius 2 is 2.27 bits per heavy atom. The van der Waals surface area contributed by atoms with Crippen molar-refractivity contribution >= 4 is 35.1 Å². The lowest BCUT2D eigenvalue weighted by Crippen LogP contribution is -2.17. The molecule has 1 aromatic carbocycles. The van der Waals surface area contributed by atoms with Crippen molar-refractivity contribution in [3.05, 3.63) is 46.4 Å². The number of fused-ring (bicyclic) bond motifs is 1. The summed E-state index contributed by atoms with van der Waals surface area (Å²) in [5.74, 6) is 0.364. The summed E-state index contributed by atoms with van der Waals surface area (Å²) >= 11 is 7.55. The van der Waals surface area contributed by atoms with Crippen molar-refractivity contribution in [1.29, 1.82) is 0 Å². The lowest BCUT2D eigenvalue weighted by molar-refractivity contribution is -0.113. The molecule has 1 aliphatic heterocycles.